The van der Waals surface area contributed by atoms with Gasteiger partial charge in [-0.15, -0.1) is 0 Å². The second-order valence-electron chi connectivity index (χ2n) is 4.00. The van der Waals surface area contributed by atoms with Crippen LogP contribution in [0.2, 0.25) is 0 Å². The van der Waals surface area contributed by atoms with Gasteiger partial charge in [0.25, 0.3) is 0 Å². The maximum absolute atomic E-state index is 11.9. The van der Waals surface area contributed by atoms with Gasteiger partial charge in [0.15, 0.2) is 0 Å². The zero-order valence-corrected chi connectivity index (χ0v) is 10.7. The number of esters is 1. The lowest BCUT2D eigenvalue weighted by Gasteiger charge is -2.09. The Morgan fingerprint density at radius 3 is 2.82 bits per heavy atom. The number of carbonyl (C=O) groups is 1. The predicted molar refractivity (Wildman–Crippen MR) is 69.3 cm³/mol. The van der Waals surface area contributed by atoms with E-state index < -0.39 is 0 Å². The Bertz CT molecular complexity index is 350. The second-order valence-corrected chi connectivity index (χ2v) is 4.00. The number of benzene rings is 1. The lowest BCUT2D eigenvalue weighted by Crippen LogP contribution is -2.14. The van der Waals surface area contributed by atoms with Gasteiger partial charge in [0.1, 0.15) is 0 Å². The number of rotatable bonds is 7. The number of hydrogen-bond acceptors (Lipinski definition) is 3. The summed E-state index contributed by atoms with van der Waals surface area (Å²) < 4.78 is 5.23. The van der Waals surface area contributed by atoms with Gasteiger partial charge in [-0.2, -0.15) is 0 Å². The molecule has 0 aromatic heterocycles. The van der Waals surface area contributed by atoms with E-state index >= 15 is 0 Å². The van der Waals surface area contributed by atoms with Gasteiger partial charge in [0.2, 0.25) is 0 Å². The molecule has 1 aromatic rings. The fourth-order valence-electron chi connectivity index (χ4n) is 1.58. The van der Waals surface area contributed by atoms with Crippen molar-refractivity contribution in [1.29, 1.82) is 0 Å². The molecule has 0 aliphatic heterocycles. The Morgan fingerprint density at radius 2 is 2.12 bits per heavy atom. The van der Waals surface area contributed by atoms with Crippen molar-refractivity contribution < 1.29 is 9.53 Å². The van der Waals surface area contributed by atoms with Crippen LogP contribution in [0.4, 0.5) is 0 Å². The Kier molecular flexibility index (Phi) is 6.33. The minimum atomic E-state index is -0.204. The predicted octanol–water partition coefficient (Wildman–Crippen LogP) is 2.41. The van der Waals surface area contributed by atoms with Gasteiger partial charge in [-0.3, -0.25) is 0 Å². The first-order valence-electron chi connectivity index (χ1n) is 6.19. The maximum atomic E-state index is 11.9. The van der Waals surface area contributed by atoms with Crippen molar-refractivity contribution >= 4 is 5.97 Å². The topological polar surface area (TPSA) is 38.3 Å². The summed E-state index contributed by atoms with van der Waals surface area (Å²) in [5, 5.41) is 3.08. The average molecular weight is 235 g/mol. The fraction of sp³-hybridized carbons (Fsp3) is 0.500. The summed E-state index contributed by atoms with van der Waals surface area (Å²) in [7, 11) is 1.90. The van der Waals surface area contributed by atoms with E-state index in [1.165, 1.54) is 0 Å². The SMILES string of the molecule is CCCCOC(=O)c1ccccc1CCNC. The first-order chi connectivity index (χ1) is 8.29. The van der Waals surface area contributed by atoms with Crippen molar-refractivity contribution in [2.24, 2.45) is 0 Å². The normalized spacial score (nSPS) is 10.2. The molecule has 0 unspecified atom stereocenters. The van der Waals surface area contributed by atoms with Crippen molar-refractivity contribution in [3.63, 3.8) is 0 Å². The third-order valence-corrected chi connectivity index (χ3v) is 2.61. The molecular formula is C14H21NO2. The molecule has 1 rings (SSSR count). The van der Waals surface area contributed by atoms with E-state index in [9.17, 15) is 4.79 Å². The fourth-order valence-corrected chi connectivity index (χ4v) is 1.58. The highest BCUT2D eigenvalue weighted by atomic mass is 16.5. The van der Waals surface area contributed by atoms with E-state index in [0.717, 1.165) is 31.4 Å². The maximum Gasteiger partial charge on any atom is 0.338 e. The van der Waals surface area contributed by atoms with E-state index in [4.69, 9.17) is 4.74 Å². The highest BCUT2D eigenvalue weighted by molar-refractivity contribution is 5.91. The molecule has 0 spiro atoms. The third kappa shape index (κ3) is 4.57. The van der Waals surface area contributed by atoms with Crippen molar-refractivity contribution in [3.05, 3.63) is 35.4 Å². The first kappa shape index (κ1) is 13.7. The number of likely N-dealkylation sites (N-methyl/N-ethyl adjacent to an activating group) is 1. The molecule has 0 radical (unpaired) electrons. The quantitative estimate of drug-likeness (QED) is 0.582. The molecule has 0 aliphatic carbocycles. The van der Waals surface area contributed by atoms with Crippen LogP contribution in [-0.4, -0.2) is 26.2 Å². The number of hydrogen-bond donors (Lipinski definition) is 1. The summed E-state index contributed by atoms with van der Waals surface area (Å²) in [5.74, 6) is -0.204. The molecule has 0 saturated heterocycles. The number of nitrogens with one attached hydrogen (secondary N) is 1. The van der Waals surface area contributed by atoms with Crippen molar-refractivity contribution in [1.82, 2.24) is 5.32 Å². The molecule has 0 bridgehead atoms. The van der Waals surface area contributed by atoms with Gasteiger partial charge in [-0.25, -0.2) is 4.79 Å². The minimum Gasteiger partial charge on any atom is -0.462 e. The largest absolute Gasteiger partial charge is 0.462 e. The molecule has 0 fully saturated rings. The molecule has 0 aliphatic rings. The molecule has 3 heteroatoms. The van der Waals surface area contributed by atoms with Gasteiger partial charge >= 0.3 is 5.97 Å². The lowest BCUT2D eigenvalue weighted by atomic mass is 10.0. The zero-order valence-electron chi connectivity index (χ0n) is 10.7. The Hall–Kier alpha value is -1.35. The van der Waals surface area contributed by atoms with E-state index in [1.807, 2.05) is 31.3 Å². The van der Waals surface area contributed by atoms with Gasteiger partial charge in [-0.05, 0) is 38.1 Å². The molecule has 94 valence electrons. The van der Waals surface area contributed by atoms with E-state index in [2.05, 4.69) is 12.2 Å². The molecular weight excluding hydrogens is 214 g/mol. The van der Waals surface area contributed by atoms with E-state index in [1.54, 1.807) is 0 Å². The van der Waals surface area contributed by atoms with Crippen LogP contribution >= 0.6 is 0 Å². The average Bonchev–Trinajstić information content (AvgIpc) is 2.37. The van der Waals surface area contributed by atoms with Crippen molar-refractivity contribution in [3.8, 4) is 0 Å². The zero-order chi connectivity index (χ0) is 12.5. The van der Waals surface area contributed by atoms with Gasteiger partial charge in [-0.1, -0.05) is 31.5 Å². The van der Waals surface area contributed by atoms with E-state index in [0.29, 0.717) is 12.2 Å². The second kappa shape index (κ2) is 7.85. The van der Waals surface area contributed by atoms with Crippen LogP contribution in [-0.2, 0) is 11.2 Å². The van der Waals surface area contributed by atoms with Crippen LogP contribution in [0, 0.1) is 0 Å². The molecule has 0 amide bonds. The van der Waals surface area contributed by atoms with E-state index in [-0.39, 0.29) is 5.97 Å². The summed E-state index contributed by atoms with van der Waals surface area (Å²) in [6.45, 7) is 3.45. The highest BCUT2D eigenvalue weighted by Gasteiger charge is 2.11. The smallest absolute Gasteiger partial charge is 0.338 e. The van der Waals surface area contributed by atoms with Gasteiger partial charge in [0, 0.05) is 0 Å². The molecule has 0 saturated carbocycles. The minimum absolute atomic E-state index is 0.204. The van der Waals surface area contributed by atoms with Gasteiger partial charge < -0.3 is 10.1 Å². The van der Waals surface area contributed by atoms with Crippen LogP contribution in [0.5, 0.6) is 0 Å². The Labute approximate surface area is 103 Å². The molecule has 3 nitrogen and oxygen atoms in total. The Balaban J connectivity index is 2.64. The van der Waals surface area contributed by atoms with Crippen molar-refractivity contribution in [2.45, 2.75) is 26.2 Å². The monoisotopic (exact) mass is 235 g/mol. The van der Waals surface area contributed by atoms with Crippen LogP contribution < -0.4 is 5.32 Å². The molecule has 0 atom stereocenters. The molecule has 17 heavy (non-hydrogen) atoms. The summed E-state index contributed by atoms with van der Waals surface area (Å²) in [4.78, 5) is 11.9. The number of unbranched alkanes of at least 4 members (excludes halogenated alkanes) is 1. The number of ether oxygens (including phenoxy) is 1. The van der Waals surface area contributed by atoms with Gasteiger partial charge in [0.05, 0.1) is 12.2 Å². The Morgan fingerprint density at radius 1 is 1.35 bits per heavy atom. The first-order valence-corrected chi connectivity index (χ1v) is 6.19. The number of carbonyl (C=O) groups excluding carboxylic acids is 1. The van der Waals surface area contributed by atoms with Crippen molar-refractivity contribution in [2.75, 3.05) is 20.2 Å². The standard InChI is InChI=1S/C14H21NO2/c1-3-4-11-17-14(16)13-8-6-5-7-12(13)9-10-15-2/h5-8,15H,3-4,9-11H2,1-2H3. The summed E-state index contributed by atoms with van der Waals surface area (Å²) in [6, 6.07) is 7.64. The van der Waals surface area contributed by atoms with Crippen LogP contribution in [0.25, 0.3) is 0 Å². The highest BCUT2D eigenvalue weighted by Crippen LogP contribution is 2.11. The molecule has 1 N–H and O–H groups in total. The lowest BCUT2D eigenvalue weighted by molar-refractivity contribution is 0.0498. The summed E-state index contributed by atoms with van der Waals surface area (Å²) in [5.41, 5.74) is 1.74. The van der Waals surface area contributed by atoms with Crippen LogP contribution in [0.15, 0.2) is 24.3 Å². The molecule has 0 heterocycles. The van der Waals surface area contributed by atoms with Crippen LogP contribution in [0.3, 0.4) is 0 Å². The summed E-state index contributed by atoms with van der Waals surface area (Å²) >= 11 is 0. The summed E-state index contributed by atoms with van der Waals surface area (Å²) in [6.07, 6.45) is 2.80. The van der Waals surface area contributed by atoms with Crippen LogP contribution in [0.1, 0.15) is 35.7 Å². The third-order valence-electron chi connectivity index (χ3n) is 2.61. The molecule has 1 aromatic carbocycles.